The molecule has 1 saturated heterocycles. The molecule has 0 spiro atoms. The Morgan fingerprint density at radius 1 is 1.12 bits per heavy atom. The van der Waals surface area contributed by atoms with Crippen LogP contribution in [0.1, 0.15) is 17.5 Å². The van der Waals surface area contributed by atoms with Gasteiger partial charge in [-0.1, -0.05) is 48.0 Å². The normalized spacial score (nSPS) is 15.5. The van der Waals surface area contributed by atoms with Crippen molar-refractivity contribution in [2.24, 2.45) is 0 Å². The average Bonchev–Trinajstić information content (AvgIpc) is 2.91. The van der Waals surface area contributed by atoms with Crippen LogP contribution in [-0.4, -0.2) is 17.8 Å². The molecule has 1 aliphatic rings. The monoisotopic (exact) mass is 373 g/mol. The largest absolute Gasteiger partial charge is 0.492 e. The predicted molar refractivity (Wildman–Crippen MR) is 101 cm³/mol. The van der Waals surface area contributed by atoms with E-state index in [-0.39, 0.29) is 11.1 Å². The summed E-state index contributed by atoms with van der Waals surface area (Å²) in [6.45, 7) is 0.571. The Kier molecular flexibility index (Phi) is 5.79. The van der Waals surface area contributed by atoms with Crippen LogP contribution in [0.4, 0.5) is 4.79 Å². The van der Waals surface area contributed by atoms with E-state index in [1.54, 1.807) is 18.2 Å². The Morgan fingerprint density at radius 3 is 2.60 bits per heavy atom. The first kappa shape index (κ1) is 17.6. The molecule has 1 fully saturated rings. The summed E-state index contributed by atoms with van der Waals surface area (Å²) in [6, 6.07) is 15.5. The number of nitrogens with one attached hydrogen (secondary N) is 1. The predicted octanol–water partition coefficient (Wildman–Crippen LogP) is 4.68. The number of carbonyl (C=O) groups is 2. The molecule has 2 aromatic rings. The number of thioether (sulfide) groups is 1. The van der Waals surface area contributed by atoms with Gasteiger partial charge in [-0.3, -0.25) is 14.9 Å². The molecule has 0 unspecified atom stereocenters. The Morgan fingerprint density at radius 2 is 1.92 bits per heavy atom. The second kappa shape index (κ2) is 8.23. The van der Waals surface area contributed by atoms with Gasteiger partial charge in [0.15, 0.2) is 0 Å². The highest BCUT2D eigenvalue weighted by Crippen LogP contribution is 2.30. The molecule has 0 radical (unpaired) electrons. The lowest BCUT2D eigenvalue weighted by molar-refractivity contribution is -0.115. The summed E-state index contributed by atoms with van der Waals surface area (Å²) in [4.78, 5) is 23.1. The second-order valence-electron chi connectivity index (χ2n) is 5.48. The van der Waals surface area contributed by atoms with Gasteiger partial charge in [0.25, 0.3) is 11.1 Å². The second-order valence-corrected chi connectivity index (χ2v) is 6.90. The minimum absolute atomic E-state index is 0.359. The minimum atomic E-state index is -0.382. The number of amides is 2. The van der Waals surface area contributed by atoms with Gasteiger partial charge in [0.05, 0.1) is 16.5 Å². The molecular weight excluding hydrogens is 358 g/mol. The molecule has 0 saturated carbocycles. The number of carbonyl (C=O) groups excluding carboxylic acids is 2. The smallest absolute Gasteiger partial charge is 0.290 e. The molecular formula is C19H16ClNO3S. The Balaban J connectivity index is 1.56. The number of imide groups is 1. The highest BCUT2D eigenvalue weighted by Gasteiger charge is 2.24. The molecule has 2 aromatic carbocycles. The van der Waals surface area contributed by atoms with Crippen molar-refractivity contribution in [1.82, 2.24) is 5.32 Å². The quantitative estimate of drug-likeness (QED) is 0.590. The summed E-state index contributed by atoms with van der Waals surface area (Å²) < 4.78 is 5.73. The minimum Gasteiger partial charge on any atom is -0.492 e. The molecule has 25 heavy (non-hydrogen) atoms. The number of hydrogen-bond acceptors (Lipinski definition) is 4. The van der Waals surface area contributed by atoms with E-state index in [9.17, 15) is 9.59 Å². The van der Waals surface area contributed by atoms with Crippen LogP contribution in [0, 0.1) is 0 Å². The van der Waals surface area contributed by atoms with Crippen molar-refractivity contribution in [3.8, 4) is 5.75 Å². The Labute approximate surface area is 155 Å². The summed E-state index contributed by atoms with van der Waals surface area (Å²) in [6.07, 6.45) is 3.48. The van der Waals surface area contributed by atoms with Crippen molar-refractivity contribution in [3.63, 3.8) is 0 Å². The third-order valence-corrected chi connectivity index (χ3v) is 4.71. The molecule has 1 N–H and O–H groups in total. The molecule has 0 atom stereocenters. The topological polar surface area (TPSA) is 55.4 Å². The molecule has 2 amide bonds. The van der Waals surface area contributed by atoms with Crippen molar-refractivity contribution in [3.05, 3.63) is 69.6 Å². The van der Waals surface area contributed by atoms with Gasteiger partial charge >= 0.3 is 0 Å². The average molecular weight is 374 g/mol. The molecule has 4 nitrogen and oxygen atoms in total. The zero-order chi connectivity index (χ0) is 17.6. The lowest BCUT2D eigenvalue weighted by Crippen LogP contribution is -2.17. The van der Waals surface area contributed by atoms with Crippen molar-refractivity contribution in [1.29, 1.82) is 0 Å². The summed E-state index contributed by atoms with van der Waals surface area (Å²) in [5.74, 6) is 0.226. The Bertz CT molecular complexity index is 821. The zero-order valence-electron chi connectivity index (χ0n) is 13.3. The number of hydrogen-bond donors (Lipinski definition) is 1. The van der Waals surface area contributed by atoms with E-state index < -0.39 is 0 Å². The standard InChI is InChI=1S/C19H16ClNO3S/c20-15-11-14(12-17-18(22)21-19(23)25-17)8-9-16(15)24-10-4-7-13-5-2-1-3-6-13/h1-3,5-6,8-9,11-12H,4,7,10H2,(H,21,22,23)/b17-12-. The van der Waals surface area contributed by atoms with Gasteiger partial charge in [0.1, 0.15) is 5.75 Å². The van der Waals surface area contributed by atoms with Crippen LogP contribution >= 0.6 is 23.4 Å². The molecule has 3 rings (SSSR count). The van der Waals surface area contributed by atoms with Crippen LogP contribution < -0.4 is 10.1 Å². The van der Waals surface area contributed by atoms with Gasteiger partial charge in [-0.15, -0.1) is 0 Å². The molecule has 6 heteroatoms. The molecule has 0 aliphatic carbocycles. The third kappa shape index (κ3) is 4.87. The van der Waals surface area contributed by atoms with Gasteiger partial charge in [-0.05, 0) is 53.9 Å². The maximum atomic E-state index is 11.6. The number of aryl methyl sites for hydroxylation is 1. The van der Waals surface area contributed by atoms with Crippen molar-refractivity contribution < 1.29 is 14.3 Å². The van der Waals surface area contributed by atoms with E-state index in [0.29, 0.717) is 22.3 Å². The van der Waals surface area contributed by atoms with Gasteiger partial charge < -0.3 is 4.74 Å². The highest BCUT2D eigenvalue weighted by atomic mass is 35.5. The van der Waals surface area contributed by atoms with E-state index in [0.717, 1.165) is 30.2 Å². The Hall–Kier alpha value is -2.24. The number of benzene rings is 2. The lowest BCUT2D eigenvalue weighted by atomic mass is 10.1. The molecule has 0 aromatic heterocycles. The van der Waals surface area contributed by atoms with Crippen LogP contribution in [-0.2, 0) is 11.2 Å². The van der Waals surface area contributed by atoms with E-state index in [4.69, 9.17) is 16.3 Å². The maximum absolute atomic E-state index is 11.6. The van der Waals surface area contributed by atoms with Crippen LogP contribution in [0.5, 0.6) is 5.75 Å². The first-order valence-electron chi connectivity index (χ1n) is 7.83. The van der Waals surface area contributed by atoms with E-state index >= 15 is 0 Å². The van der Waals surface area contributed by atoms with Crippen LogP contribution in [0.3, 0.4) is 0 Å². The van der Waals surface area contributed by atoms with Gasteiger partial charge in [0, 0.05) is 0 Å². The van der Waals surface area contributed by atoms with Crippen molar-refractivity contribution in [2.45, 2.75) is 12.8 Å². The summed E-state index contributed by atoms with van der Waals surface area (Å²) >= 11 is 7.13. The van der Waals surface area contributed by atoms with E-state index in [1.807, 2.05) is 24.3 Å². The molecule has 0 bridgehead atoms. The SMILES string of the molecule is O=C1NC(=O)/C(=C/c2ccc(OCCCc3ccccc3)c(Cl)c2)S1. The van der Waals surface area contributed by atoms with E-state index in [1.165, 1.54) is 5.56 Å². The van der Waals surface area contributed by atoms with Crippen LogP contribution in [0.2, 0.25) is 5.02 Å². The maximum Gasteiger partial charge on any atom is 0.290 e. The fourth-order valence-corrected chi connectivity index (χ4v) is 3.33. The van der Waals surface area contributed by atoms with Crippen LogP contribution in [0.25, 0.3) is 6.08 Å². The van der Waals surface area contributed by atoms with E-state index in [2.05, 4.69) is 17.4 Å². The van der Waals surface area contributed by atoms with Gasteiger partial charge in [0.2, 0.25) is 0 Å². The lowest BCUT2D eigenvalue weighted by Gasteiger charge is -2.09. The molecule has 128 valence electrons. The summed E-state index contributed by atoms with van der Waals surface area (Å²) in [5, 5.41) is 2.34. The fourth-order valence-electron chi connectivity index (χ4n) is 2.40. The zero-order valence-corrected chi connectivity index (χ0v) is 14.9. The summed E-state index contributed by atoms with van der Waals surface area (Å²) in [5.41, 5.74) is 2.02. The molecule has 1 heterocycles. The summed E-state index contributed by atoms with van der Waals surface area (Å²) in [7, 11) is 0. The number of ether oxygens (including phenoxy) is 1. The highest BCUT2D eigenvalue weighted by molar-refractivity contribution is 8.18. The number of halogens is 1. The molecule has 1 aliphatic heterocycles. The van der Waals surface area contributed by atoms with Gasteiger partial charge in [-0.25, -0.2) is 0 Å². The van der Waals surface area contributed by atoms with Crippen molar-refractivity contribution >= 4 is 40.6 Å². The van der Waals surface area contributed by atoms with Crippen molar-refractivity contribution in [2.75, 3.05) is 6.61 Å². The number of rotatable bonds is 6. The van der Waals surface area contributed by atoms with Crippen LogP contribution in [0.15, 0.2) is 53.4 Å². The first-order chi connectivity index (χ1) is 12.1. The first-order valence-corrected chi connectivity index (χ1v) is 9.02. The fraction of sp³-hybridized carbons (Fsp3) is 0.158. The third-order valence-electron chi connectivity index (χ3n) is 3.61. The van der Waals surface area contributed by atoms with Gasteiger partial charge in [-0.2, -0.15) is 0 Å².